The highest BCUT2D eigenvalue weighted by molar-refractivity contribution is 5.54. The molecule has 0 bridgehead atoms. The third-order valence-electron chi connectivity index (χ3n) is 5.89. The zero-order chi connectivity index (χ0) is 21.8. The van der Waals surface area contributed by atoms with E-state index in [1.807, 2.05) is 30.6 Å². The average molecular weight is 429 g/mol. The highest BCUT2D eigenvalue weighted by Gasteiger charge is 2.25. The van der Waals surface area contributed by atoms with Crippen molar-refractivity contribution < 1.29 is 8.91 Å². The van der Waals surface area contributed by atoms with Gasteiger partial charge in [-0.2, -0.15) is 4.98 Å². The Balaban J connectivity index is 1.51. The Hall–Kier alpha value is -3.61. The molecule has 32 heavy (non-hydrogen) atoms. The van der Waals surface area contributed by atoms with Crippen LogP contribution in [0, 0.1) is 5.82 Å². The molecule has 4 heterocycles. The highest BCUT2D eigenvalue weighted by Crippen LogP contribution is 2.32. The van der Waals surface area contributed by atoms with Crippen LogP contribution in [0.25, 0.3) is 11.5 Å². The minimum atomic E-state index is -0.389. The largest absolute Gasteiger partial charge is 0.356 e. The van der Waals surface area contributed by atoms with E-state index in [1.165, 1.54) is 25.3 Å². The molecule has 162 valence electrons. The summed E-state index contributed by atoms with van der Waals surface area (Å²) in [6, 6.07) is 14.4. The van der Waals surface area contributed by atoms with Gasteiger partial charge < -0.3 is 9.42 Å². The first kappa shape index (κ1) is 20.3. The van der Waals surface area contributed by atoms with Crippen molar-refractivity contribution in [3.63, 3.8) is 0 Å². The lowest BCUT2D eigenvalue weighted by Gasteiger charge is -2.30. The molecule has 4 aromatic rings. The van der Waals surface area contributed by atoms with Crippen LogP contribution in [0.1, 0.15) is 42.1 Å². The molecule has 3 aromatic heterocycles. The maximum absolute atomic E-state index is 14.3. The first-order valence-corrected chi connectivity index (χ1v) is 11.0. The van der Waals surface area contributed by atoms with Crippen LogP contribution in [0.3, 0.4) is 0 Å². The number of aromatic nitrogens is 4. The van der Waals surface area contributed by atoms with Gasteiger partial charge in [0.15, 0.2) is 5.82 Å². The molecule has 6 nitrogen and oxygen atoms in total. The maximum atomic E-state index is 14.3. The van der Waals surface area contributed by atoms with Crippen LogP contribution in [0.15, 0.2) is 71.6 Å². The Morgan fingerprint density at radius 3 is 2.62 bits per heavy atom. The van der Waals surface area contributed by atoms with Crippen molar-refractivity contribution in [1.29, 1.82) is 0 Å². The van der Waals surface area contributed by atoms with Gasteiger partial charge in [0.1, 0.15) is 11.6 Å². The van der Waals surface area contributed by atoms with Crippen molar-refractivity contribution in [1.82, 2.24) is 20.1 Å². The van der Waals surface area contributed by atoms with E-state index in [1.54, 1.807) is 24.4 Å². The van der Waals surface area contributed by atoms with E-state index < -0.39 is 0 Å². The number of benzene rings is 1. The van der Waals surface area contributed by atoms with Crippen LogP contribution in [0.5, 0.6) is 0 Å². The summed E-state index contributed by atoms with van der Waals surface area (Å²) in [5.41, 5.74) is 2.40. The van der Waals surface area contributed by atoms with E-state index in [-0.39, 0.29) is 17.6 Å². The summed E-state index contributed by atoms with van der Waals surface area (Å²) in [4.78, 5) is 15.9. The zero-order valence-corrected chi connectivity index (χ0v) is 17.7. The molecule has 0 spiro atoms. The number of pyridine rings is 2. The van der Waals surface area contributed by atoms with E-state index in [9.17, 15) is 4.39 Å². The molecular formula is C25H24FN5O. The molecule has 1 unspecified atom stereocenters. The van der Waals surface area contributed by atoms with E-state index in [4.69, 9.17) is 9.51 Å². The van der Waals surface area contributed by atoms with E-state index >= 15 is 0 Å². The van der Waals surface area contributed by atoms with Crippen molar-refractivity contribution in [3.05, 3.63) is 89.9 Å². The Labute approximate surface area is 186 Å². The van der Waals surface area contributed by atoms with Crippen molar-refractivity contribution in [2.75, 3.05) is 18.0 Å². The highest BCUT2D eigenvalue weighted by atomic mass is 19.1. The number of piperidine rings is 1. The quantitative estimate of drug-likeness (QED) is 0.428. The minimum Gasteiger partial charge on any atom is -0.356 e. The van der Waals surface area contributed by atoms with Crippen molar-refractivity contribution in [2.24, 2.45) is 0 Å². The molecule has 1 atom stereocenters. The van der Waals surface area contributed by atoms with Gasteiger partial charge in [-0.15, -0.1) is 0 Å². The summed E-state index contributed by atoms with van der Waals surface area (Å²) >= 11 is 0. The van der Waals surface area contributed by atoms with Gasteiger partial charge >= 0.3 is 0 Å². The smallest absolute Gasteiger partial charge is 0.260 e. The number of hydrogen-bond donors (Lipinski definition) is 0. The van der Waals surface area contributed by atoms with Gasteiger partial charge in [0.2, 0.25) is 0 Å². The third kappa shape index (κ3) is 4.23. The van der Waals surface area contributed by atoms with Crippen LogP contribution in [0.4, 0.5) is 10.2 Å². The molecule has 0 N–H and O–H groups in total. The summed E-state index contributed by atoms with van der Waals surface area (Å²) < 4.78 is 19.7. The van der Waals surface area contributed by atoms with Crippen LogP contribution >= 0.6 is 0 Å². The fourth-order valence-electron chi connectivity index (χ4n) is 4.26. The zero-order valence-electron chi connectivity index (χ0n) is 17.7. The van der Waals surface area contributed by atoms with Gasteiger partial charge in [-0.05, 0) is 61.1 Å². The summed E-state index contributed by atoms with van der Waals surface area (Å²) in [5.74, 6) is 1.11. The Morgan fingerprint density at radius 2 is 1.81 bits per heavy atom. The molecule has 7 heteroatoms. The molecule has 0 aliphatic carbocycles. The van der Waals surface area contributed by atoms with Gasteiger partial charge in [0.25, 0.3) is 5.89 Å². The minimum absolute atomic E-state index is 0.175. The van der Waals surface area contributed by atoms with Gasteiger partial charge in [0.05, 0.1) is 11.5 Å². The van der Waals surface area contributed by atoms with Gasteiger partial charge in [-0.3, -0.25) is 4.98 Å². The second-order valence-electron chi connectivity index (χ2n) is 8.01. The lowest BCUT2D eigenvalue weighted by Crippen LogP contribution is -2.31. The Kier molecular flexibility index (Phi) is 5.87. The van der Waals surface area contributed by atoms with Crippen LogP contribution in [-0.4, -0.2) is 33.2 Å². The predicted molar refractivity (Wildman–Crippen MR) is 120 cm³/mol. The fourth-order valence-corrected chi connectivity index (χ4v) is 4.26. The summed E-state index contributed by atoms with van der Waals surface area (Å²) in [6.45, 7) is 2.03. The molecule has 0 amide bonds. The molecule has 1 fully saturated rings. The van der Waals surface area contributed by atoms with E-state index in [0.717, 1.165) is 30.0 Å². The van der Waals surface area contributed by atoms with Crippen LogP contribution in [-0.2, 0) is 6.42 Å². The summed E-state index contributed by atoms with van der Waals surface area (Å²) in [5, 5.41) is 4.23. The molecular weight excluding hydrogens is 405 g/mol. The second kappa shape index (κ2) is 9.26. The summed E-state index contributed by atoms with van der Waals surface area (Å²) in [7, 11) is 0. The standard InChI is InChI=1S/C25H24FN5O/c26-22-11-3-2-10-20(22)25-29-23(30-32-25)21(19-9-6-12-27-17-19)16-18-8-7-13-28-24(18)31-14-4-1-5-15-31/h2-3,6-13,17,21H,1,4-5,14-16H2. The maximum Gasteiger partial charge on any atom is 0.260 e. The lowest BCUT2D eigenvalue weighted by molar-refractivity contribution is 0.416. The van der Waals surface area contributed by atoms with Crippen LogP contribution in [0.2, 0.25) is 0 Å². The van der Waals surface area contributed by atoms with Gasteiger partial charge in [-0.1, -0.05) is 29.4 Å². The number of anilines is 1. The van der Waals surface area contributed by atoms with Crippen molar-refractivity contribution in [2.45, 2.75) is 31.6 Å². The summed E-state index contributed by atoms with van der Waals surface area (Å²) in [6.07, 6.45) is 9.67. The monoisotopic (exact) mass is 429 g/mol. The second-order valence-corrected chi connectivity index (χ2v) is 8.01. The topological polar surface area (TPSA) is 67.9 Å². The predicted octanol–water partition coefficient (Wildman–Crippen LogP) is 5.03. The SMILES string of the molecule is Fc1ccccc1-c1nc(C(Cc2cccnc2N2CCCCC2)c2cccnc2)no1. The molecule has 1 saturated heterocycles. The average Bonchev–Trinajstić information content (AvgIpc) is 3.34. The Morgan fingerprint density at radius 1 is 0.969 bits per heavy atom. The van der Waals surface area contributed by atoms with Crippen molar-refractivity contribution in [3.8, 4) is 11.5 Å². The molecule has 0 saturated carbocycles. The molecule has 1 aromatic carbocycles. The Bertz CT molecular complexity index is 1170. The fraction of sp³-hybridized carbons (Fsp3) is 0.280. The van der Waals surface area contributed by atoms with E-state index in [0.29, 0.717) is 17.8 Å². The number of hydrogen-bond acceptors (Lipinski definition) is 6. The first-order chi connectivity index (χ1) is 15.8. The van der Waals surface area contributed by atoms with Crippen LogP contribution < -0.4 is 4.90 Å². The molecule has 0 radical (unpaired) electrons. The van der Waals surface area contributed by atoms with E-state index in [2.05, 4.69) is 26.1 Å². The van der Waals surface area contributed by atoms with Gasteiger partial charge in [0, 0.05) is 31.7 Å². The molecule has 1 aliphatic heterocycles. The molecule has 5 rings (SSSR count). The number of nitrogens with zero attached hydrogens (tertiary/aromatic N) is 5. The third-order valence-corrected chi connectivity index (χ3v) is 5.89. The van der Waals surface area contributed by atoms with Gasteiger partial charge in [-0.25, -0.2) is 9.37 Å². The lowest BCUT2D eigenvalue weighted by atomic mass is 9.92. The molecule has 1 aliphatic rings. The number of rotatable bonds is 6. The number of halogens is 1. The van der Waals surface area contributed by atoms with Crippen molar-refractivity contribution >= 4 is 5.82 Å². The first-order valence-electron chi connectivity index (χ1n) is 11.0. The normalized spacial score (nSPS) is 15.0.